The smallest absolute Gasteiger partial charge is 0.255 e. The summed E-state index contributed by atoms with van der Waals surface area (Å²) < 4.78 is 5.50. The van der Waals surface area contributed by atoms with Gasteiger partial charge in [-0.25, -0.2) is 4.98 Å². The molecule has 5 heteroatoms. The first kappa shape index (κ1) is 12.3. The molecule has 5 nitrogen and oxygen atoms in total. The van der Waals surface area contributed by atoms with Crippen molar-refractivity contribution in [1.82, 2.24) is 9.97 Å². The topological polar surface area (TPSA) is 81.0 Å². The molecule has 0 bridgehead atoms. The molecule has 1 heterocycles. The lowest BCUT2D eigenvalue weighted by atomic mass is 10.2. The van der Waals surface area contributed by atoms with Gasteiger partial charge in [-0.05, 0) is 19.1 Å². The van der Waals surface area contributed by atoms with E-state index in [-0.39, 0.29) is 12.1 Å². The third-order valence-corrected chi connectivity index (χ3v) is 2.54. The van der Waals surface area contributed by atoms with Gasteiger partial charge in [-0.15, -0.1) is 0 Å². The molecule has 1 aromatic carbocycles. The van der Waals surface area contributed by atoms with Gasteiger partial charge in [0.1, 0.15) is 11.6 Å². The van der Waals surface area contributed by atoms with Gasteiger partial charge in [0.05, 0.1) is 12.2 Å². The first-order valence-corrected chi connectivity index (χ1v) is 5.76. The number of benzene rings is 1. The van der Waals surface area contributed by atoms with Crippen LogP contribution < -0.4 is 16.0 Å². The van der Waals surface area contributed by atoms with Gasteiger partial charge in [0.2, 0.25) is 0 Å². The van der Waals surface area contributed by atoms with Gasteiger partial charge in [-0.2, -0.15) is 0 Å². The van der Waals surface area contributed by atoms with Crippen LogP contribution in [0, 0.1) is 0 Å². The Bertz CT molecular complexity index is 593. The van der Waals surface area contributed by atoms with Crippen LogP contribution in [0.1, 0.15) is 12.5 Å². The highest BCUT2D eigenvalue weighted by Gasteiger charge is 2.08. The van der Waals surface area contributed by atoms with E-state index in [9.17, 15) is 4.79 Å². The second-order valence-corrected chi connectivity index (χ2v) is 3.72. The molecule has 2 rings (SSSR count). The highest BCUT2D eigenvalue weighted by Crippen LogP contribution is 2.26. The molecule has 0 aliphatic heterocycles. The molecular weight excluding hydrogens is 230 g/mol. The van der Waals surface area contributed by atoms with Gasteiger partial charge < -0.3 is 15.5 Å². The number of nitrogens with two attached hydrogens (primary N) is 1. The molecular formula is C13H15N3O2. The zero-order valence-electron chi connectivity index (χ0n) is 10.1. The van der Waals surface area contributed by atoms with Crippen LogP contribution in [0.5, 0.6) is 5.75 Å². The maximum Gasteiger partial charge on any atom is 0.255 e. The second-order valence-electron chi connectivity index (χ2n) is 3.72. The lowest BCUT2D eigenvalue weighted by Crippen LogP contribution is -2.17. The summed E-state index contributed by atoms with van der Waals surface area (Å²) in [5.74, 6) is 1.19. The van der Waals surface area contributed by atoms with Crippen LogP contribution >= 0.6 is 0 Å². The van der Waals surface area contributed by atoms with Gasteiger partial charge in [-0.1, -0.05) is 12.1 Å². The standard InChI is InChI=1S/C13H15N3O2/c1-2-18-11-6-4-3-5-10(11)12-15-8-9(7-14)13(17)16-12/h3-6,8H,2,7,14H2,1H3,(H,15,16,17). The Hall–Kier alpha value is -2.14. The SMILES string of the molecule is CCOc1ccccc1-c1ncc(CN)c(=O)[nH]1. The number of rotatable bonds is 4. The Labute approximate surface area is 105 Å². The van der Waals surface area contributed by atoms with E-state index in [1.54, 1.807) is 0 Å². The quantitative estimate of drug-likeness (QED) is 0.850. The summed E-state index contributed by atoms with van der Waals surface area (Å²) in [6, 6.07) is 7.44. The molecule has 18 heavy (non-hydrogen) atoms. The Morgan fingerprint density at radius 2 is 2.17 bits per heavy atom. The van der Waals surface area contributed by atoms with Crippen molar-refractivity contribution in [1.29, 1.82) is 0 Å². The fourth-order valence-corrected chi connectivity index (χ4v) is 1.65. The number of nitrogens with one attached hydrogen (secondary N) is 1. The van der Waals surface area contributed by atoms with Gasteiger partial charge in [0, 0.05) is 18.3 Å². The monoisotopic (exact) mass is 245 g/mol. The Morgan fingerprint density at radius 3 is 2.83 bits per heavy atom. The van der Waals surface area contributed by atoms with Crippen LogP contribution in [-0.4, -0.2) is 16.6 Å². The maximum absolute atomic E-state index is 11.7. The number of aromatic nitrogens is 2. The van der Waals surface area contributed by atoms with Crippen molar-refractivity contribution in [3.05, 3.63) is 46.4 Å². The third-order valence-electron chi connectivity index (χ3n) is 2.54. The molecule has 0 unspecified atom stereocenters. The van der Waals surface area contributed by atoms with Crippen LogP contribution in [0.4, 0.5) is 0 Å². The Morgan fingerprint density at radius 1 is 1.39 bits per heavy atom. The van der Waals surface area contributed by atoms with E-state index in [0.29, 0.717) is 23.7 Å². The van der Waals surface area contributed by atoms with E-state index in [0.717, 1.165) is 5.56 Å². The van der Waals surface area contributed by atoms with Crippen molar-refractivity contribution in [3.63, 3.8) is 0 Å². The number of hydrogen-bond acceptors (Lipinski definition) is 4. The summed E-state index contributed by atoms with van der Waals surface area (Å²) >= 11 is 0. The van der Waals surface area contributed by atoms with E-state index >= 15 is 0 Å². The minimum absolute atomic E-state index is 0.176. The van der Waals surface area contributed by atoms with Crippen molar-refractivity contribution in [2.24, 2.45) is 5.73 Å². The van der Waals surface area contributed by atoms with Gasteiger partial charge in [0.25, 0.3) is 5.56 Å². The summed E-state index contributed by atoms with van der Waals surface area (Å²) in [6.07, 6.45) is 1.50. The molecule has 3 N–H and O–H groups in total. The molecule has 0 aliphatic rings. The average Bonchev–Trinajstić information content (AvgIpc) is 2.40. The summed E-state index contributed by atoms with van der Waals surface area (Å²) in [4.78, 5) is 18.6. The number of nitrogens with zero attached hydrogens (tertiary/aromatic N) is 1. The van der Waals surface area contributed by atoms with E-state index in [1.807, 2.05) is 31.2 Å². The van der Waals surface area contributed by atoms with Gasteiger partial charge in [-0.3, -0.25) is 4.79 Å². The van der Waals surface area contributed by atoms with Crippen molar-refractivity contribution in [2.45, 2.75) is 13.5 Å². The van der Waals surface area contributed by atoms with E-state index in [1.165, 1.54) is 6.20 Å². The number of hydrogen-bond donors (Lipinski definition) is 2. The van der Waals surface area contributed by atoms with Crippen LogP contribution in [0.3, 0.4) is 0 Å². The predicted molar refractivity (Wildman–Crippen MR) is 69.4 cm³/mol. The molecule has 0 saturated heterocycles. The van der Waals surface area contributed by atoms with Crippen LogP contribution in [0.15, 0.2) is 35.3 Å². The molecule has 0 saturated carbocycles. The molecule has 94 valence electrons. The van der Waals surface area contributed by atoms with E-state index in [2.05, 4.69) is 9.97 Å². The highest BCUT2D eigenvalue weighted by atomic mass is 16.5. The number of para-hydroxylation sites is 1. The fraction of sp³-hybridized carbons (Fsp3) is 0.231. The minimum atomic E-state index is -0.214. The lowest BCUT2D eigenvalue weighted by Gasteiger charge is -2.09. The first-order chi connectivity index (χ1) is 8.76. The molecule has 0 atom stereocenters. The molecule has 0 radical (unpaired) electrons. The van der Waals surface area contributed by atoms with E-state index in [4.69, 9.17) is 10.5 Å². The highest BCUT2D eigenvalue weighted by molar-refractivity contribution is 5.63. The van der Waals surface area contributed by atoms with Gasteiger partial charge in [0.15, 0.2) is 0 Å². The minimum Gasteiger partial charge on any atom is -0.493 e. The third kappa shape index (κ3) is 2.41. The first-order valence-electron chi connectivity index (χ1n) is 5.76. The molecule has 0 amide bonds. The zero-order chi connectivity index (χ0) is 13.0. The number of aromatic amines is 1. The van der Waals surface area contributed by atoms with Crippen LogP contribution in [0.25, 0.3) is 11.4 Å². The largest absolute Gasteiger partial charge is 0.493 e. The van der Waals surface area contributed by atoms with Crippen LogP contribution in [0.2, 0.25) is 0 Å². The van der Waals surface area contributed by atoms with Crippen molar-refractivity contribution in [2.75, 3.05) is 6.61 Å². The molecule has 1 aromatic heterocycles. The maximum atomic E-state index is 11.7. The zero-order valence-corrected chi connectivity index (χ0v) is 10.1. The summed E-state index contributed by atoms with van der Waals surface area (Å²) in [7, 11) is 0. The number of H-pyrrole nitrogens is 1. The normalized spacial score (nSPS) is 10.3. The Kier molecular flexibility index (Phi) is 3.74. The molecule has 2 aromatic rings. The number of ether oxygens (including phenoxy) is 1. The van der Waals surface area contributed by atoms with Crippen molar-refractivity contribution in [3.8, 4) is 17.1 Å². The van der Waals surface area contributed by atoms with Gasteiger partial charge >= 0.3 is 0 Å². The lowest BCUT2D eigenvalue weighted by molar-refractivity contribution is 0.341. The van der Waals surface area contributed by atoms with Crippen LogP contribution in [-0.2, 0) is 6.54 Å². The fourth-order valence-electron chi connectivity index (χ4n) is 1.65. The molecule has 0 fully saturated rings. The van der Waals surface area contributed by atoms with Crippen molar-refractivity contribution >= 4 is 0 Å². The van der Waals surface area contributed by atoms with Crippen molar-refractivity contribution < 1.29 is 4.74 Å². The molecule has 0 spiro atoms. The summed E-state index contributed by atoms with van der Waals surface area (Å²) in [5.41, 5.74) is 6.45. The molecule has 0 aliphatic carbocycles. The Balaban J connectivity index is 2.48. The summed E-state index contributed by atoms with van der Waals surface area (Å²) in [6.45, 7) is 2.64. The van der Waals surface area contributed by atoms with E-state index < -0.39 is 0 Å². The summed E-state index contributed by atoms with van der Waals surface area (Å²) in [5, 5.41) is 0. The predicted octanol–water partition coefficient (Wildman–Crippen LogP) is 1.29. The second kappa shape index (κ2) is 5.46. The average molecular weight is 245 g/mol.